The highest BCUT2D eigenvalue weighted by molar-refractivity contribution is 9.10. The van der Waals surface area contributed by atoms with Crippen molar-refractivity contribution in [2.24, 2.45) is 0 Å². The Bertz CT molecular complexity index is 590. The summed E-state index contributed by atoms with van der Waals surface area (Å²) in [7, 11) is 0. The largest absolute Gasteiger partial charge is 0.479 e. The molecule has 2 aromatic carbocycles. The van der Waals surface area contributed by atoms with Crippen LogP contribution in [-0.2, 0) is 13.1 Å². The van der Waals surface area contributed by atoms with E-state index in [1.54, 1.807) is 0 Å². The van der Waals surface area contributed by atoms with Gasteiger partial charge < -0.3 is 10.1 Å². The van der Waals surface area contributed by atoms with Crippen LogP contribution < -0.4 is 10.1 Å². The molecule has 0 fully saturated rings. The molecule has 0 heterocycles. The molecule has 1 N–H and O–H groups in total. The summed E-state index contributed by atoms with van der Waals surface area (Å²) in [4.78, 5) is 0. The van der Waals surface area contributed by atoms with E-state index in [0.29, 0.717) is 0 Å². The summed E-state index contributed by atoms with van der Waals surface area (Å²) in [5, 5.41) is 11.9. The quantitative estimate of drug-likeness (QED) is 0.879. The standard InChI is InChI=1S/C16H15BrN2O/c17-15-6-4-13(5-7-15)11-19-12-14-2-1-3-16(10-14)20-9-8-18/h1-7,10,19H,9,11-12H2. The van der Waals surface area contributed by atoms with E-state index < -0.39 is 0 Å². The second kappa shape index (κ2) is 7.68. The Morgan fingerprint density at radius 1 is 1.05 bits per heavy atom. The fourth-order valence-corrected chi connectivity index (χ4v) is 2.08. The second-order valence-electron chi connectivity index (χ2n) is 4.32. The Balaban J connectivity index is 1.84. The first-order valence-electron chi connectivity index (χ1n) is 6.32. The summed E-state index contributed by atoms with van der Waals surface area (Å²) in [6.45, 7) is 1.66. The highest BCUT2D eigenvalue weighted by Crippen LogP contribution is 2.14. The molecule has 2 aromatic rings. The zero-order valence-corrected chi connectivity index (χ0v) is 12.6. The smallest absolute Gasteiger partial charge is 0.174 e. The molecule has 0 amide bonds. The first-order chi connectivity index (χ1) is 9.78. The highest BCUT2D eigenvalue weighted by atomic mass is 79.9. The van der Waals surface area contributed by atoms with E-state index in [0.717, 1.165) is 28.9 Å². The Kier molecular flexibility index (Phi) is 5.60. The van der Waals surface area contributed by atoms with Crippen LogP contribution in [0.4, 0.5) is 0 Å². The van der Waals surface area contributed by atoms with Crippen LogP contribution in [0.3, 0.4) is 0 Å². The molecule has 0 radical (unpaired) electrons. The molecule has 0 aliphatic heterocycles. The van der Waals surface area contributed by atoms with Crippen LogP contribution in [0, 0.1) is 11.3 Å². The van der Waals surface area contributed by atoms with E-state index in [9.17, 15) is 0 Å². The van der Waals surface area contributed by atoms with Gasteiger partial charge in [0, 0.05) is 17.6 Å². The molecule has 0 aliphatic rings. The SMILES string of the molecule is N#CCOc1cccc(CNCc2ccc(Br)cc2)c1. The van der Waals surface area contributed by atoms with Gasteiger partial charge in [-0.2, -0.15) is 5.26 Å². The van der Waals surface area contributed by atoms with Crippen molar-refractivity contribution >= 4 is 15.9 Å². The lowest BCUT2D eigenvalue weighted by atomic mass is 10.2. The highest BCUT2D eigenvalue weighted by Gasteiger charge is 1.98. The molecular weight excluding hydrogens is 316 g/mol. The van der Waals surface area contributed by atoms with Gasteiger partial charge in [-0.05, 0) is 35.4 Å². The van der Waals surface area contributed by atoms with Crippen molar-refractivity contribution in [3.63, 3.8) is 0 Å². The van der Waals surface area contributed by atoms with Crippen molar-refractivity contribution in [2.75, 3.05) is 6.61 Å². The van der Waals surface area contributed by atoms with Gasteiger partial charge in [0.1, 0.15) is 11.8 Å². The molecule has 0 saturated heterocycles. The lowest BCUT2D eigenvalue weighted by molar-refractivity contribution is 0.367. The lowest BCUT2D eigenvalue weighted by Gasteiger charge is -2.07. The van der Waals surface area contributed by atoms with Gasteiger partial charge >= 0.3 is 0 Å². The molecule has 0 spiro atoms. The minimum Gasteiger partial charge on any atom is -0.479 e. The third kappa shape index (κ3) is 4.69. The minimum absolute atomic E-state index is 0.0791. The first-order valence-corrected chi connectivity index (χ1v) is 7.11. The predicted octanol–water partition coefficient (Wildman–Crippen LogP) is 3.64. The fraction of sp³-hybridized carbons (Fsp3) is 0.188. The van der Waals surface area contributed by atoms with Gasteiger partial charge in [-0.1, -0.05) is 40.2 Å². The molecule has 0 unspecified atom stereocenters. The van der Waals surface area contributed by atoms with Gasteiger partial charge in [-0.3, -0.25) is 0 Å². The first kappa shape index (κ1) is 14.6. The number of rotatable bonds is 6. The monoisotopic (exact) mass is 330 g/mol. The maximum Gasteiger partial charge on any atom is 0.174 e. The summed E-state index contributed by atoms with van der Waals surface area (Å²) in [5.41, 5.74) is 2.38. The van der Waals surface area contributed by atoms with Gasteiger partial charge in [0.2, 0.25) is 0 Å². The summed E-state index contributed by atoms with van der Waals surface area (Å²) in [6.07, 6.45) is 0. The Hall–Kier alpha value is -1.83. The van der Waals surface area contributed by atoms with Crippen molar-refractivity contribution in [3.05, 3.63) is 64.1 Å². The second-order valence-corrected chi connectivity index (χ2v) is 5.24. The van der Waals surface area contributed by atoms with Gasteiger partial charge in [0.05, 0.1) is 0 Å². The Morgan fingerprint density at radius 3 is 2.55 bits per heavy atom. The molecule has 0 bridgehead atoms. The van der Waals surface area contributed by atoms with Gasteiger partial charge in [-0.15, -0.1) is 0 Å². The van der Waals surface area contributed by atoms with Crippen molar-refractivity contribution in [2.45, 2.75) is 13.1 Å². The number of benzene rings is 2. The van der Waals surface area contributed by atoms with Gasteiger partial charge in [0.15, 0.2) is 6.61 Å². The van der Waals surface area contributed by atoms with Crippen molar-refractivity contribution in [1.29, 1.82) is 5.26 Å². The van der Waals surface area contributed by atoms with Crippen LogP contribution in [0.5, 0.6) is 5.75 Å². The molecule has 0 saturated carbocycles. The van der Waals surface area contributed by atoms with E-state index >= 15 is 0 Å². The number of hydrogen-bond acceptors (Lipinski definition) is 3. The van der Waals surface area contributed by atoms with Gasteiger partial charge in [-0.25, -0.2) is 0 Å². The summed E-state index contributed by atoms with van der Waals surface area (Å²) < 4.78 is 6.37. The summed E-state index contributed by atoms with van der Waals surface area (Å²) in [6, 6.07) is 18.0. The maximum atomic E-state index is 8.49. The van der Waals surface area contributed by atoms with E-state index in [1.807, 2.05) is 42.5 Å². The van der Waals surface area contributed by atoms with Crippen molar-refractivity contribution in [3.8, 4) is 11.8 Å². The molecule has 102 valence electrons. The van der Waals surface area contributed by atoms with Crippen LogP contribution in [0.25, 0.3) is 0 Å². The van der Waals surface area contributed by atoms with Crippen LogP contribution in [-0.4, -0.2) is 6.61 Å². The normalized spacial score (nSPS) is 10.0. The van der Waals surface area contributed by atoms with Crippen molar-refractivity contribution in [1.82, 2.24) is 5.32 Å². The third-order valence-corrected chi connectivity index (χ3v) is 3.30. The molecule has 4 heteroatoms. The van der Waals surface area contributed by atoms with Crippen LogP contribution in [0.2, 0.25) is 0 Å². The fourth-order valence-electron chi connectivity index (χ4n) is 1.81. The van der Waals surface area contributed by atoms with Crippen LogP contribution >= 0.6 is 15.9 Å². The average Bonchev–Trinajstić information content (AvgIpc) is 2.48. The Morgan fingerprint density at radius 2 is 1.80 bits per heavy atom. The zero-order chi connectivity index (χ0) is 14.2. The number of halogens is 1. The molecule has 0 aliphatic carbocycles. The van der Waals surface area contributed by atoms with E-state index in [1.165, 1.54) is 5.56 Å². The van der Waals surface area contributed by atoms with Gasteiger partial charge in [0.25, 0.3) is 0 Å². The molecular formula is C16H15BrN2O. The number of nitrogens with zero attached hydrogens (tertiary/aromatic N) is 1. The number of nitriles is 1. The Labute approximate surface area is 127 Å². The predicted molar refractivity (Wildman–Crippen MR) is 82.2 cm³/mol. The minimum atomic E-state index is 0.0791. The molecule has 20 heavy (non-hydrogen) atoms. The van der Waals surface area contributed by atoms with E-state index in [2.05, 4.69) is 33.4 Å². The molecule has 0 atom stereocenters. The number of nitrogens with one attached hydrogen (secondary N) is 1. The average molecular weight is 331 g/mol. The maximum absolute atomic E-state index is 8.49. The number of hydrogen-bond donors (Lipinski definition) is 1. The zero-order valence-electron chi connectivity index (χ0n) is 11.0. The summed E-state index contributed by atoms with van der Waals surface area (Å²) >= 11 is 3.42. The third-order valence-electron chi connectivity index (χ3n) is 2.77. The van der Waals surface area contributed by atoms with Crippen LogP contribution in [0.1, 0.15) is 11.1 Å². The van der Waals surface area contributed by atoms with E-state index in [-0.39, 0.29) is 6.61 Å². The summed E-state index contributed by atoms with van der Waals surface area (Å²) in [5.74, 6) is 0.731. The molecule has 2 rings (SSSR count). The lowest BCUT2D eigenvalue weighted by Crippen LogP contribution is -2.12. The molecule has 3 nitrogen and oxygen atoms in total. The number of ether oxygens (including phenoxy) is 1. The molecule has 0 aromatic heterocycles. The van der Waals surface area contributed by atoms with Crippen molar-refractivity contribution < 1.29 is 4.74 Å². The van der Waals surface area contributed by atoms with Crippen LogP contribution in [0.15, 0.2) is 53.0 Å². The van der Waals surface area contributed by atoms with E-state index in [4.69, 9.17) is 10.00 Å². The topological polar surface area (TPSA) is 45.0 Å².